The smallest absolute Gasteiger partial charge is 0.0695 e. The second kappa shape index (κ2) is 5.61. The fourth-order valence-electron chi connectivity index (χ4n) is 2.72. The molecule has 1 aliphatic rings. The molecule has 1 fully saturated rings. The fourth-order valence-corrected chi connectivity index (χ4v) is 2.72. The lowest BCUT2D eigenvalue weighted by Crippen LogP contribution is -2.42. The van der Waals surface area contributed by atoms with Crippen molar-refractivity contribution < 1.29 is 5.11 Å². The Kier molecular flexibility index (Phi) is 4.13. The average Bonchev–Trinajstić information content (AvgIpc) is 2.29. The van der Waals surface area contributed by atoms with Crippen molar-refractivity contribution in [2.45, 2.75) is 51.3 Å². The van der Waals surface area contributed by atoms with E-state index in [-0.39, 0.29) is 6.10 Å². The van der Waals surface area contributed by atoms with Crippen molar-refractivity contribution >= 4 is 0 Å². The van der Waals surface area contributed by atoms with Gasteiger partial charge in [-0.1, -0.05) is 18.9 Å². The predicted molar refractivity (Wildman–Crippen MR) is 68.7 cm³/mol. The third-order valence-corrected chi connectivity index (χ3v) is 3.62. The Balaban J connectivity index is 1.98. The standard InChI is InChI=1S/C14H22N2O/c1-11-7-12(9-15-8-11)10-16(2)13-5-3-4-6-14(13)17/h7-9,13-14,17H,3-6,10H2,1-2H3. The molecule has 2 atom stereocenters. The zero-order chi connectivity index (χ0) is 12.3. The molecule has 0 aliphatic heterocycles. The molecule has 0 aromatic carbocycles. The summed E-state index contributed by atoms with van der Waals surface area (Å²) in [5.41, 5.74) is 2.42. The zero-order valence-electron chi connectivity index (χ0n) is 10.8. The van der Waals surface area contributed by atoms with Crippen molar-refractivity contribution in [1.29, 1.82) is 0 Å². The first-order valence-electron chi connectivity index (χ1n) is 6.45. The van der Waals surface area contributed by atoms with Crippen LogP contribution in [0.25, 0.3) is 0 Å². The van der Waals surface area contributed by atoms with E-state index >= 15 is 0 Å². The van der Waals surface area contributed by atoms with Gasteiger partial charge in [-0.25, -0.2) is 0 Å². The van der Waals surface area contributed by atoms with Crippen LogP contribution in [0.2, 0.25) is 0 Å². The number of hydrogen-bond donors (Lipinski definition) is 1. The Hall–Kier alpha value is -0.930. The van der Waals surface area contributed by atoms with Gasteiger partial charge in [-0.3, -0.25) is 9.88 Å². The molecule has 1 aromatic heterocycles. The summed E-state index contributed by atoms with van der Waals surface area (Å²) in [5.74, 6) is 0. The van der Waals surface area contributed by atoms with Crippen molar-refractivity contribution in [2.75, 3.05) is 7.05 Å². The van der Waals surface area contributed by atoms with Crippen LogP contribution in [-0.4, -0.2) is 34.2 Å². The van der Waals surface area contributed by atoms with Gasteiger partial charge in [-0.05, 0) is 37.9 Å². The number of aryl methyl sites for hydroxylation is 1. The number of hydrogen-bond acceptors (Lipinski definition) is 3. The van der Waals surface area contributed by atoms with Crippen LogP contribution in [0.3, 0.4) is 0 Å². The van der Waals surface area contributed by atoms with Crippen molar-refractivity contribution in [1.82, 2.24) is 9.88 Å². The monoisotopic (exact) mass is 234 g/mol. The Labute approximate surface area is 103 Å². The predicted octanol–water partition coefficient (Wildman–Crippen LogP) is 2.13. The van der Waals surface area contributed by atoms with Crippen LogP contribution in [-0.2, 0) is 6.54 Å². The van der Waals surface area contributed by atoms with E-state index in [4.69, 9.17) is 0 Å². The summed E-state index contributed by atoms with van der Waals surface area (Å²) in [7, 11) is 2.10. The second-order valence-corrected chi connectivity index (χ2v) is 5.20. The number of aliphatic hydroxyl groups excluding tert-OH is 1. The van der Waals surface area contributed by atoms with Gasteiger partial charge in [0.1, 0.15) is 0 Å². The van der Waals surface area contributed by atoms with Gasteiger partial charge in [-0.15, -0.1) is 0 Å². The normalized spacial score (nSPS) is 25.2. The zero-order valence-corrected chi connectivity index (χ0v) is 10.8. The van der Waals surface area contributed by atoms with Gasteiger partial charge >= 0.3 is 0 Å². The lowest BCUT2D eigenvalue weighted by Gasteiger charge is -2.35. The number of nitrogens with zero attached hydrogens (tertiary/aromatic N) is 2. The number of likely N-dealkylation sites (N-methyl/N-ethyl adjacent to an activating group) is 1. The summed E-state index contributed by atoms with van der Waals surface area (Å²) in [4.78, 5) is 6.48. The van der Waals surface area contributed by atoms with Gasteiger partial charge in [0, 0.05) is 25.0 Å². The van der Waals surface area contributed by atoms with E-state index in [0.29, 0.717) is 6.04 Å². The lowest BCUT2D eigenvalue weighted by molar-refractivity contribution is 0.0288. The highest BCUT2D eigenvalue weighted by atomic mass is 16.3. The molecule has 0 saturated heterocycles. The summed E-state index contributed by atoms with van der Waals surface area (Å²) in [6.07, 6.45) is 8.08. The second-order valence-electron chi connectivity index (χ2n) is 5.20. The van der Waals surface area contributed by atoms with Crippen LogP contribution in [0, 0.1) is 6.92 Å². The summed E-state index contributed by atoms with van der Waals surface area (Å²) in [5, 5.41) is 10.0. The van der Waals surface area contributed by atoms with Gasteiger partial charge < -0.3 is 5.11 Å². The van der Waals surface area contributed by atoms with Crippen molar-refractivity contribution in [3.8, 4) is 0 Å². The molecule has 3 nitrogen and oxygen atoms in total. The van der Waals surface area contributed by atoms with Gasteiger partial charge in [0.05, 0.1) is 6.10 Å². The topological polar surface area (TPSA) is 36.4 Å². The molecule has 1 heterocycles. The van der Waals surface area contributed by atoms with Crippen molar-refractivity contribution in [2.24, 2.45) is 0 Å². The molecule has 0 bridgehead atoms. The molecule has 2 unspecified atom stereocenters. The molecular formula is C14H22N2O. The molecule has 2 rings (SSSR count). The first kappa shape index (κ1) is 12.5. The maximum atomic E-state index is 10.0. The summed E-state index contributed by atoms with van der Waals surface area (Å²) < 4.78 is 0. The van der Waals surface area contributed by atoms with Crippen LogP contribution in [0.4, 0.5) is 0 Å². The summed E-state index contributed by atoms with van der Waals surface area (Å²) in [6.45, 7) is 2.93. The number of pyridine rings is 1. The Bertz CT molecular complexity index is 367. The van der Waals surface area contributed by atoms with E-state index in [1.54, 1.807) is 0 Å². The molecule has 17 heavy (non-hydrogen) atoms. The number of aliphatic hydroxyl groups is 1. The van der Waals surface area contributed by atoms with Gasteiger partial charge in [0.25, 0.3) is 0 Å². The molecular weight excluding hydrogens is 212 g/mol. The minimum atomic E-state index is -0.161. The minimum absolute atomic E-state index is 0.161. The molecule has 0 radical (unpaired) electrons. The van der Waals surface area contributed by atoms with E-state index in [2.05, 4.69) is 29.9 Å². The first-order valence-corrected chi connectivity index (χ1v) is 6.45. The number of rotatable bonds is 3. The Morgan fingerprint density at radius 3 is 2.82 bits per heavy atom. The lowest BCUT2D eigenvalue weighted by atomic mass is 9.91. The highest BCUT2D eigenvalue weighted by molar-refractivity contribution is 5.16. The third kappa shape index (κ3) is 3.27. The van der Waals surface area contributed by atoms with E-state index in [1.165, 1.54) is 17.5 Å². The van der Waals surface area contributed by atoms with Gasteiger partial charge in [-0.2, -0.15) is 0 Å². The molecule has 1 aliphatic carbocycles. The van der Waals surface area contributed by atoms with Crippen LogP contribution in [0.5, 0.6) is 0 Å². The summed E-state index contributed by atoms with van der Waals surface area (Å²) >= 11 is 0. The quantitative estimate of drug-likeness (QED) is 0.870. The maximum Gasteiger partial charge on any atom is 0.0695 e. The van der Waals surface area contributed by atoms with E-state index < -0.39 is 0 Å². The van der Waals surface area contributed by atoms with Gasteiger partial charge in [0.2, 0.25) is 0 Å². The molecule has 94 valence electrons. The van der Waals surface area contributed by atoms with E-state index in [0.717, 1.165) is 25.8 Å². The third-order valence-electron chi connectivity index (χ3n) is 3.62. The van der Waals surface area contributed by atoms with Crippen LogP contribution in [0.1, 0.15) is 36.8 Å². The highest BCUT2D eigenvalue weighted by Gasteiger charge is 2.26. The molecule has 1 aromatic rings. The fraction of sp³-hybridized carbons (Fsp3) is 0.643. The van der Waals surface area contributed by atoms with Crippen molar-refractivity contribution in [3.05, 3.63) is 29.6 Å². The minimum Gasteiger partial charge on any atom is -0.391 e. The highest BCUT2D eigenvalue weighted by Crippen LogP contribution is 2.23. The van der Waals surface area contributed by atoms with Crippen LogP contribution >= 0.6 is 0 Å². The van der Waals surface area contributed by atoms with E-state index in [1.807, 2.05) is 12.4 Å². The maximum absolute atomic E-state index is 10.0. The van der Waals surface area contributed by atoms with Gasteiger partial charge in [0.15, 0.2) is 0 Å². The Morgan fingerprint density at radius 2 is 2.12 bits per heavy atom. The Morgan fingerprint density at radius 1 is 1.35 bits per heavy atom. The number of aromatic nitrogens is 1. The largest absolute Gasteiger partial charge is 0.391 e. The molecule has 1 N–H and O–H groups in total. The van der Waals surface area contributed by atoms with Crippen LogP contribution < -0.4 is 0 Å². The SMILES string of the molecule is Cc1cncc(CN(C)C2CCCCC2O)c1. The molecule has 3 heteroatoms. The first-order chi connectivity index (χ1) is 8.16. The average molecular weight is 234 g/mol. The molecule has 1 saturated carbocycles. The molecule has 0 amide bonds. The van der Waals surface area contributed by atoms with E-state index in [9.17, 15) is 5.11 Å². The van der Waals surface area contributed by atoms with Crippen LogP contribution in [0.15, 0.2) is 18.5 Å². The summed E-state index contributed by atoms with van der Waals surface area (Å²) in [6, 6.07) is 2.47. The van der Waals surface area contributed by atoms with Crippen molar-refractivity contribution in [3.63, 3.8) is 0 Å². The molecule has 0 spiro atoms.